The predicted molar refractivity (Wildman–Crippen MR) is 129 cm³/mol. The van der Waals surface area contributed by atoms with Crippen molar-refractivity contribution >= 4 is 21.6 Å². The minimum absolute atomic E-state index is 0.0203. The molecule has 0 aromatic heterocycles. The lowest BCUT2D eigenvalue weighted by atomic mass is 9.86. The number of hydrogen-bond acceptors (Lipinski definition) is 3. The number of hydrogen-bond donors (Lipinski definition) is 1. The molecule has 0 radical (unpaired) electrons. The zero-order valence-electron chi connectivity index (χ0n) is 19.2. The van der Waals surface area contributed by atoms with Crippen LogP contribution in [0, 0.1) is 5.82 Å². The molecule has 33 heavy (non-hydrogen) atoms. The number of rotatable bonds is 7. The number of carbonyl (C=O) groups is 1. The summed E-state index contributed by atoms with van der Waals surface area (Å²) in [6, 6.07) is 20.5. The van der Waals surface area contributed by atoms with Gasteiger partial charge >= 0.3 is 0 Å². The Hall–Kier alpha value is -3.19. The molecule has 3 aromatic rings. The Balaban J connectivity index is 1.82. The van der Waals surface area contributed by atoms with Crippen LogP contribution in [0.25, 0.3) is 0 Å². The minimum Gasteiger partial charge on any atom is -0.348 e. The Labute approximate surface area is 195 Å². The average molecular weight is 469 g/mol. The van der Waals surface area contributed by atoms with Crippen LogP contribution in [-0.2, 0) is 20.2 Å². The molecule has 3 aromatic carbocycles. The van der Waals surface area contributed by atoms with Crippen molar-refractivity contribution in [1.82, 2.24) is 5.32 Å². The summed E-state index contributed by atoms with van der Waals surface area (Å²) in [4.78, 5) is 12.9. The molecule has 0 spiro atoms. The van der Waals surface area contributed by atoms with Crippen molar-refractivity contribution in [2.75, 3.05) is 10.8 Å². The quantitative estimate of drug-likeness (QED) is 0.519. The van der Waals surface area contributed by atoms with Crippen molar-refractivity contribution < 1.29 is 17.6 Å². The second kappa shape index (κ2) is 9.75. The maximum Gasteiger partial charge on any atom is 0.264 e. The minimum atomic E-state index is -4.03. The lowest BCUT2D eigenvalue weighted by Crippen LogP contribution is -2.41. The van der Waals surface area contributed by atoms with Gasteiger partial charge in [0.1, 0.15) is 12.4 Å². The number of sulfonamides is 1. The van der Waals surface area contributed by atoms with Gasteiger partial charge in [-0.2, -0.15) is 0 Å². The first-order valence-corrected chi connectivity index (χ1v) is 12.2. The Kier molecular flexibility index (Phi) is 7.22. The van der Waals surface area contributed by atoms with Crippen LogP contribution in [0.5, 0.6) is 0 Å². The predicted octanol–water partition coefficient (Wildman–Crippen LogP) is 5.20. The van der Waals surface area contributed by atoms with Crippen molar-refractivity contribution in [1.29, 1.82) is 0 Å². The molecule has 7 heteroatoms. The molecule has 3 rings (SSSR count). The van der Waals surface area contributed by atoms with Gasteiger partial charge in [0.25, 0.3) is 10.0 Å². The van der Waals surface area contributed by atoms with Gasteiger partial charge in [0, 0.05) is 0 Å². The maximum atomic E-state index is 13.4. The Morgan fingerprint density at radius 3 is 2.06 bits per heavy atom. The molecule has 0 bridgehead atoms. The van der Waals surface area contributed by atoms with E-state index in [1.165, 1.54) is 42.0 Å². The summed E-state index contributed by atoms with van der Waals surface area (Å²) in [6.07, 6.45) is 0. The molecular weight excluding hydrogens is 439 g/mol. The number of anilines is 1. The van der Waals surface area contributed by atoms with Gasteiger partial charge in [0.05, 0.1) is 16.6 Å². The van der Waals surface area contributed by atoms with Crippen LogP contribution >= 0.6 is 0 Å². The van der Waals surface area contributed by atoms with E-state index in [2.05, 4.69) is 26.1 Å². The zero-order chi connectivity index (χ0) is 24.2. The second-order valence-corrected chi connectivity index (χ2v) is 10.8. The molecule has 0 heterocycles. The van der Waals surface area contributed by atoms with Crippen LogP contribution in [0.15, 0.2) is 83.8 Å². The number of benzene rings is 3. The molecule has 0 saturated heterocycles. The number of amides is 1. The summed E-state index contributed by atoms with van der Waals surface area (Å²) in [6.45, 7) is 7.80. The summed E-state index contributed by atoms with van der Waals surface area (Å²) in [5, 5.41) is 2.87. The van der Waals surface area contributed by atoms with Crippen LogP contribution in [0.1, 0.15) is 44.9 Å². The fourth-order valence-corrected chi connectivity index (χ4v) is 4.86. The van der Waals surface area contributed by atoms with Gasteiger partial charge in [-0.3, -0.25) is 9.10 Å². The van der Waals surface area contributed by atoms with Crippen molar-refractivity contribution in [3.8, 4) is 0 Å². The molecule has 1 N–H and O–H groups in total. The maximum absolute atomic E-state index is 13.4. The number of nitrogens with one attached hydrogen (secondary N) is 1. The Morgan fingerprint density at radius 1 is 0.939 bits per heavy atom. The monoisotopic (exact) mass is 468 g/mol. The highest BCUT2D eigenvalue weighted by Crippen LogP contribution is 2.25. The SMILES string of the molecule is C[C@H](NC(=O)CN(c1ccc(F)cc1)S(=O)(=O)c1ccccc1)c1ccc(C(C)(C)C)cc1. The van der Waals surface area contributed by atoms with Crippen LogP contribution in [0.2, 0.25) is 0 Å². The molecular formula is C26H29FN2O3S. The molecule has 1 atom stereocenters. The molecule has 0 fully saturated rings. The van der Waals surface area contributed by atoms with Gasteiger partial charge in [-0.15, -0.1) is 0 Å². The molecule has 5 nitrogen and oxygen atoms in total. The fourth-order valence-electron chi connectivity index (χ4n) is 3.41. The molecule has 0 saturated carbocycles. The average Bonchev–Trinajstić information content (AvgIpc) is 2.78. The topological polar surface area (TPSA) is 66.5 Å². The molecule has 0 aliphatic heterocycles. The standard InChI is InChI=1S/C26H29FN2O3S/c1-19(20-10-12-21(13-11-20)26(2,3)4)28-25(30)18-29(23-16-14-22(27)15-17-23)33(31,32)24-8-6-5-7-9-24/h5-17,19H,18H2,1-4H3,(H,28,30)/t19-/m0/s1. The molecule has 1 amide bonds. The van der Waals surface area contributed by atoms with E-state index in [0.717, 1.165) is 9.87 Å². The number of halogens is 1. The highest BCUT2D eigenvalue weighted by molar-refractivity contribution is 7.92. The molecule has 0 aliphatic carbocycles. The number of carbonyl (C=O) groups excluding carboxylic acids is 1. The summed E-state index contributed by atoms with van der Waals surface area (Å²) in [5.74, 6) is -0.959. The summed E-state index contributed by atoms with van der Waals surface area (Å²) in [7, 11) is -4.03. The normalized spacial score (nSPS) is 12.8. The first-order valence-electron chi connectivity index (χ1n) is 10.7. The Bertz CT molecular complexity index is 1190. The second-order valence-electron chi connectivity index (χ2n) is 8.96. The summed E-state index contributed by atoms with van der Waals surface area (Å²) < 4.78 is 41.0. The highest BCUT2D eigenvalue weighted by Gasteiger charge is 2.27. The van der Waals surface area contributed by atoms with Gasteiger partial charge < -0.3 is 5.32 Å². The van der Waals surface area contributed by atoms with Crippen molar-refractivity contribution in [2.45, 2.75) is 44.0 Å². The third kappa shape index (κ3) is 5.99. The van der Waals surface area contributed by atoms with Crippen LogP contribution in [-0.4, -0.2) is 20.9 Å². The third-order valence-electron chi connectivity index (χ3n) is 5.39. The molecule has 174 valence electrons. The van der Waals surface area contributed by atoms with Gasteiger partial charge in [-0.1, -0.05) is 63.2 Å². The van der Waals surface area contributed by atoms with E-state index >= 15 is 0 Å². The van der Waals surface area contributed by atoms with Crippen molar-refractivity contribution in [3.05, 3.63) is 95.8 Å². The van der Waals surface area contributed by atoms with Crippen LogP contribution < -0.4 is 9.62 Å². The molecule has 0 unspecified atom stereocenters. The van der Waals surface area contributed by atoms with Gasteiger partial charge in [-0.05, 0) is 59.9 Å². The molecule has 0 aliphatic rings. The third-order valence-corrected chi connectivity index (χ3v) is 7.18. The van der Waals surface area contributed by atoms with Crippen molar-refractivity contribution in [2.24, 2.45) is 0 Å². The van der Waals surface area contributed by atoms with E-state index in [9.17, 15) is 17.6 Å². The van der Waals surface area contributed by atoms with E-state index in [1.54, 1.807) is 18.2 Å². The number of nitrogens with zero attached hydrogens (tertiary/aromatic N) is 1. The summed E-state index contributed by atoms with van der Waals surface area (Å²) in [5.41, 5.74) is 2.32. The fraction of sp³-hybridized carbons (Fsp3) is 0.269. The summed E-state index contributed by atoms with van der Waals surface area (Å²) >= 11 is 0. The van der Waals surface area contributed by atoms with Crippen molar-refractivity contribution in [3.63, 3.8) is 0 Å². The van der Waals surface area contributed by atoms with E-state index in [-0.39, 0.29) is 22.0 Å². The zero-order valence-corrected chi connectivity index (χ0v) is 20.1. The lowest BCUT2D eigenvalue weighted by molar-refractivity contribution is -0.120. The lowest BCUT2D eigenvalue weighted by Gasteiger charge is -2.25. The first-order chi connectivity index (χ1) is 15.5. The van der Waals surface area contributed by atoms with Gasteiger partial charge in [0.2, 0.25) is 5.91 Å². The largest absolute Gasteiger partial charge is 0.348 e. The smallest absolute Gasteiger partial charge is 0.264 e. The Morgan fingerprint density at radius 2 is 1.52 bits per heavy atom. The van der Waals surface area contributed by atoms with E-state index < -0.39 is 28.3 Å². The highest BCUT2D eigenvalue weighted by atomic mass is 32.2. The van der Waals surface area contributed by atoms with E-state index in [1.807, 2.05) is 31.2 Å². The van der Waals surface area contributed by atoms with Crippen LogP contribution in [0.4, 0.5) is 10.1 Å². The van der Waals surface area contributed by atoms with Crippen LogP contribution in [0.3, 0.4) is 0 Å². The first kappa shape index (κ1) is 24.5. The van der Waals surface area contributed by atoms with E-state index in [0.29, 0.717) is 0 Å². The van der Waals surface area contributed by atoms with Gasteiger partial charge in [0.15, 0.2) is 0 Å². The van der Waals surface area contributed by atoms with E-state index in [4.69, 9.17) is 0 Å². The van der Waals surface area contributed by atoms with Gasteiger partial charge in [-0.25, -0.2) is 12.8 Å².